The molecule has 0 nitrogen and oxygen atoms in total. The van der Waals surface area contributed by atoms with E-state index in [0.717, 1.165) is 11.8 Å². The summed E-state index contributed by atoms with van der Waals surface area (Å²) in [6.07, 6.45) is 21.4. The molecule has 0 amide bonds. The SMILES string of the molecule is CCCCCCCCC1CC2=CC=CCC2C1. The fraction of sp³-hybridized carbons (Fsp3) is 0.765. The van der Waals surface area contributed by atoms with Crippen LogP contribution in [0.1, 0.15) is 71.1 Å². The van der Waals surface area contributed by atoms with E-state index in [9.17, 15) is 0 Å². The molecule has 0 heterocycles. The largest absolute Gasteiger partial charge is 0.0839 e. The van der Waals surface area contributed by atoms with E-state index in [2.05, 4.69) is 25.2 Å². The molecule has 2 rings (SSSR count). The van der Waals surface area contributed by atoms with Gasteiger partial charge in [0.15, 0.2) is 0 Å². The van der Waals surface area contributed by atoms with Gasteiger partial charge in [-0.05, 0) is 31.1 Å². The van der Waals surface area contributed by atoms with Crippen LogP contribution in [0.15, 0.2) is 23.8 Å². The Morgan fingerprint density at radius 1 is 1.12 bits per heavy atom. The van der Waals surface area contributed by atoms with Gasteiger partial charge in [0.2, 0.25) is 0 Å². The van der Waals surface area contributed by atoms with Crippen molar-refractivity contribution in [3.8, 4) is 0 Å². The molecule has 0 heteroatoms. The molecule has 0 aliphatic heterocycles. The van der Waals surface area contributed by atoms with Gasteiger partial charge in [0.25, 0.3) is 0 Å². The van der Waals surface area contributed by atoms with Crippen molar-refractivity contribution in [1.29, 1.82) is 0 Å². The van der Waals surface area contributed by atoms with E-state index in [0.29, 0.717) is 0 Å². The predicted molar refractivity (Wildman–Crippen MR) is 76.0 cm³/mol. The number of fused-ring (bicyclic) bond motifs is 1. The van der Waals surface area contributed by atoms with Crippen LogP contribution in [0.3, 0.4) is 0 Å². The van der Waals surface area contributed by atoms with Gasteiger partial charge in [0.1, 0.15) is 0 Å². The van der Waals surface area contributed by atoms with Crippen LogP contribution >= 0.6 is 0 Å². The zero-order valence-corrected chi connectivity index (χ0v) is 11.5. The van der Waals surface area contributed by atoms with Crippen molar-refractivity contribution >= 4 is 0 Å². The molecular formula is C17H28. The third-order valence-electron chi connectivity index (χ3n) is 4.50. The standard InChI is InChI=1S/C17H28/c1-2-3-4-5-6-7-10-15-13-16-11-8-9-12-17(16)14-15/h8-9,11,15,17H,2-7,10,12-14H2,1H3. The molecule has 1 fully saturated rings. The Morgan fingerprint density at radius 2 is 1.94 bits per heavy atom. The molecule has 2 unspecified atom stereocenters. The van der Waals surface area contributed by atoms with Gasteiger partial charge < -0.3 is 0 Å². The van der Waals surface area contributed by atoms with Crippen molar-refractivity contribution in [1.82, 2.24) is 0 Å². The molecule has 17 heavy (non-hydrogen) atoms. The van der Waals surface area contributed by atoms with Crippen LogP contribution in [0.5, 0.6) is 0 Å². The minimum atomic E-state index is 0.921. The molecule has 2 aliphatic carbocycles. The highest BCUT2D eigenvalue weighted by Gasteiger charge is 2.28. The molecule has 0 radical (unpaired) electrons. The Balaban J connectivity index is 1.56. The molecule has 0 aromatic heterocycles. The number of allylic oxidation sites excluding steroid dienone is 4. The lowest BCUT2D eigenvalue weighted by molar-refractivity contribution is 0.440. The molecule has 0 N–H and O–H groups in total. The molecule has 1 saturated carbocycles. The van der Waals surface area contributed by atoms with Gasteiger partial charge in [-0.3, -0.25) is 0 Å². The van der Waals surface area contributed by atoms with E-state index < -0.39 is 0 Å². The number of rotatable bonds is 7. The van der Waals surface area contributed by atoms with Gasteiger partial charge in [-0.1, -0.05) is 75.7 Å². The monoisotopic (exact) mass is 232 g/mol. The van der Waals surface area contributed by atoms with E-state index in [1.165, 1.54) is 64.2 Å². The first-order valence-electron chi connectivity index (χ1n) is 7.75. The van der Waals surface area contributed by atoms with Gasteiger partial charge in [-0.15, -0.1) is 0 Å². The lowest BCUT2D eigenvalue weighted by atomic mass is 9.94. The summed E-state index contributed by atoms with van der Waals surface area (Å²) in [6, 6.07) is 0. The van der Waals surface area contributed by atoms with Crippen LogP contribution < -0.4 is 0 Å². The lowest BCUT2D eigenvalue weighted by Crippen LogP contribution is -1.98. The number of hydrogen-bond acceptors (Lipinski definition) is 0. The van der Waals surface area contributed by atoms with Crippen LogP contribution in [0, 0.1) is 11.8 Å². The Labute approximate surface area is 107 Å². The second-order valence-electron chi connectivity index (χ2n) is 5.96. The Kier molecular flexibility index (Phi) is 5.35. The van der Waals surface area contributed by atoms with E-state index in [-0.39, 0.29) is 0 Å². The molecule has 0 saturated heterocycles. The maximum absolute atomic E-state index is 2.38. The fourth-order valence-electron chi connectivity index (χ4n) is 3.46. The van der Waals surface area contributed by atoms with Crippen molar-refractivity contribution in [2.45, 2.75) is 71.1 Å². The fourth-order valence-corrected chi connectivity index (χ4v) is 3.46. The summed E-state index contributed by atoms with van der Waals surface area (Å²) in [5.41, 5.74) is 1.75. The van der Waals surface area contributed by atoms with Gasteiger partial charge in [-0.2, -0.15) is 0 Å². The normalized spacial score (nSPS) is 27.0. The maximum atomic E-state index is 2.38. The maximum Gasteiger partial charge on any atom is -0.0163 e. The molecular weight excluding hydrogens is 204 g/mol. The second kappa shape index (κ2) is 7.03. The van der Waals surface area contributed by atoms with Gasteiger partial charge in [0.05, 0.1) is 0 Å². The first-order valence-corrected chi connectivity index (χ1v) is 7.75. The van der Waals surface area contributed by atoms with Crippen LogP contribution in [0.25, 0.3) is 0 Å². The second-order valence-corrected chi connectivity index (χ2v) is 5.96. The van der Waals surface area contributed by atoms with Crippen molar-refractivity contribution in [3.05, 3.63) is 23.8 Å². The van der Waals surface area contributed by atoms with E-state index in [1.54, 1.807) is 5.57 Å². The minimum absolute atomic E-state index is 0.921. The van der Waals surface area contributed by atoms with Gasteiger partial charge in [-0.25, -0.2) is 0 Å². The molecule has 0 spiro atoms. The molecule has 0 bridgehead atoms. The quantitative estimate of drug-likeness (QED) is 0.498. The Morgan fingerprint density at radius 3 is 2.76 bits per heavy atom. The molecule has 0 aromatic carbocycles. The molecule has 0 aromatic rings. The van der Waals surface area contributed by atoms with Crippen molar-refractivity contribution in [2.75, 3.05) is 0 Å². The summed E-state index contributed by atoms with van der Waals surface area (Å²) in [4.78, 5) is 0. The molecule has 96 valence electrons. The topological polar surface area (TPSA) is 0 Å². The third kappa shape index (κ3) is 4.01. The Bertz CT molecular complexity index is 272. The first kappa shape index (κ1) is 12.9. The van der Waals surface area contributed by atoms with Crippen LogP contribution in [0.2, 0.25) is 0 Å². The van der Waals surface area contributed by atoms with Crippen LogP contribution in [-0.4, -0.2) is 0 Å². The summed E-state index contributed by atoms with van der Waals surface area (Å²) < 4.78 is 0. The number of hydrogen-bond donors (Lipinski definition) is 0. The van der Waals surface area contributed by atoms with Crippen LogP contribution in [0.4, 0.5) is 0 Å². The summed E-state index contributed by atoms with van der Waals surface area (Å²) >= 11 is 0. The minimum Gasteiger partial charge on any atom is -0.0839 e. The lowest BCUT2D eigenvalue weighted by Gasteiger charge is -2.11. The number of unbranched alkanes of at least 4 members (excludes halogenated alkanes) is 5. The third-order valence-corrected chi connectivity index (χ3v) is 4.50. The highest BCUT2D eigenvalue weighted by molar-refractivity contribution is 5.24. The van der Waals surface area contributed by atoms with E-state index in [4.69, 9.17) is 0 Å². The summed E-state index contributed by atoms with van der Waals surface area (Å²) in [6.45, 7) is 2.29. The predicted octanol–water partition coefficient (Wildman–Crippen LogP) is 5.65. The van der Waals surface area contributed by atoms with Crippen LogP contribution in [-0.2, 0) is 0 Å². The molecule has 2 atom stereocenters. The average molecular weight is 232 g/mol. The smallest absolute Gasteiger partial charge is 0.0163 e. The van der Waals surface area contributed by atoms with Crippen molar-refractivity contribution < 1.29 is 0 Å². The highest BCUT2D eigenvalue weighted by Crippen LogP contribution is 2.41. The zero-order chi connectivity index (χ0) is 11.9. The molecule has 2 aliphatic rings. The highest BCUT2D eigenvalue weighted by atomic mass is 14.3. The van der Waals surface area contributed by atoms with Gasteiger partial charge in [0, 0.05) is 0 Å². The van der Waals surface area contributed by atoms with Crippen molar-refractivity contribution in [3.63, 3.8) is 0 Å². The zero-order valence-electron chi connectivity index (χ0n) is 11.5. The summed E-state index contributed by atoms with van der Waals surface area (Å²) in [7, 11) is 0. The average Bonchev–Trinajstić information content (AvgIpc) is 2.76. The van der Waals surface area contributed by atoms with Crippen molar-refractivity contribution in [2.24, 2.45) is 11.8 Å². The van der Waals surface area contributed by atoms with E-state index in [1.807, 2.05) is 0 Å². The Hall–Kier alpha value is -0.520. The first-order chi connectivity index (χ1) is 8.40. The summed E-state index contributed by atoms with van der Waals surface area (Å²) in [5, 5.41) is 0. The van der Waals surface area contributed by atoms with E-state index >= 15 is 0 Å². The summed E-state index contributed by atoms with van der Waals surface area (Å²) in [5.74, 6) is 1.93. The van der Waals surface area contributed by atoms with Gasteiger partial charge >= 0.3 is 0 Å².